The zero-order chi connectivity index (χ0) is 18.5. The number of benzene rings is 1. The van der Waals surface area contributed by atoms with Crippen LogP contribution in [0.5, 0.6) is 0 Å². The molecule has 0 atom stereocenters. The summed E-state index contributed by atoms with van der Waals surface area (Å²) in [7, 11) is 0. The molecule has 1 aromatic carbocycles. The molecule has 1 N–H and O–H groups in total. The zero-order valence-corrected chi connectivity index (χ0v) is 14.6. The minimum Gasteiger partial charge on any atom is -0.378 e. The Morgan fingerprint density at radius 3 is 2.62 bits per heavy atom. The first-order valence-corrected chi connectivity index (χ1v) is 8.42. The van der Waals surface area contributed by atoms with E-state index in [2.05, 4.69) is 10.3 Å². The van der Waals surface area contributed by atoms with Crippen LogP contribution in [0, 0.1) is 10.1 Å². The first-order valence-electron chi connectivity index (χ1n) is 8.04. The van der Waals surface area contributed by atoms with Crippen molar-refractivity contribution in [2.24, 2.45) is 0 Å². The number of nitro benzene ring substituents is 1. The van der Waals surface area contributed by atoms with Gasteiger partial charge < -0.3 is 15.0 Å². The Kier molecular flexibility index (Phi) is 5.65. The van der Waals surface area contributed by atoms with Crippen LogP contribution < -0.4 is 5.32 Å². The molecule has 8 nitrogen and oxygen atoms in total. The molecule has 1 aliphatic heterocycles. The number of anilines is 1. The highest BCUT2D eigenvalue weighted by molar-refractivity contribution is 6.33. The van der Waals surface area contributed by atoms with Crippen LogP contribution in [-0.4, -0.2) is 47.0 Å². The predicted octanol–water partition coefficient (Wildman–Crippen LogP) is 2.73. The van der Waals surface area contributed by atoms with Gasteiger partial charge in [0.2, 0.25) is 0 Å². The van der Waals surface area contributed by atoms with Crippen molar-refractivity contribution in [2.75, 3.05) is 31.6 Å². The lowest BCUT2D eigenvalue weighted by Crippen LogP contribution is -2.40. The van der Waals surface area contributed by atoms with Gasteiger partial charge in [0.1, 0.15) is 5.82 Å². The number of carbonyl (C=O) groups excluding carboxylic acids is 1. The lowest BCUT2D eigenvalue weighted by Gasteiger charge is -2.26. The van der Waals surface area contributed by atoms with Crippen molar-refractivity contribution < 1.29 is 14.5 Å². The number of aromatic nitrogens is 1. The molecular weight excluding hydrogens is 360 g/mol. The number of hydrogen-bond donors (Lipinski definition) is 1. The maximum absolute atomic E-state index is 12.4. The monoisotopic (exact) mass is 376 g/mol. The van der Waals surface area contributed by atoms with E-state index in [4.69, 9.17) is 16.3 Å². The molecule has 1 saturated heterocycles. The first-order chi connectivity index (χ1) is 12.5. The Bertz CT molecular complexity index is 807. The largest absolute Gasteiger partial charge is 0.378 e. The molecule has 1 amide bonds. The van der Waals surface area contributed by atoms with E-state index in [9.17, 15) is 14.9 Å². The minimum atomic E-state index is -0.445. The Morgan fingerprint density at radius 2 is 2.00 bits per heavy atom. The van der Waals surface area contributed by atoms with Gasteiger partial charge in [-0.1, -0.05) is 23.7 Å². The van der Waals surface area contributed by atoms with Crippen LogP contribution in [0.15, 0.2) is 36.5 Å². The van der Waals surface area contributed by atoms with Crippen LogP contribution in [0.2, 0.25) is 5.02 Å². The van der Waals surface area contributed by atoms with Crippen LogP contribution in [0.1, 0.15) is 15.9 Å². The summed E-state index contributed by atoms with van der Waals surface area (Å²) in [4.78, 5) is 28.6. The summed E-state index contributed by atoms with van der Waals surface area (Å²) >= 11 is 6.24. The van der Waals surface area contributed by atoms with E-state index >= 15 is 0 Å². The van der Waals surface area contributed by atoms with Crippen molar-refractivity contribution in [1.82, 2.24) is 9.88 Å². The summed E-state index contributed by atoms with van der Waals surface area (Å²) in [6.07, 6.45) is 1.49. The summed E-state index contributed by atoms with van der Waals surface area (Å²) in [5.41, 5.74) is 1.32. The number of rotatable bonds is 5. The third-order valence-corrected chi connectivity index (χ3v) is 4.28. The number of amides is 1. The van der Waals surface area contributed by atoms with Gasteiger partial charge in [0.05, 0.1) is 28.7 Å². The molecular formula is C17H17ClN4O4. The zero-order valence-electron chi connectivity index (χ0n) is 13.9. The number of nitrogens with zero attached hydrogens (tertiary/aromatic N) is 3. The molecule has 0 spiro atoms. The van der Waals surface area contributed by atoms with Gasteiger partial charge in [0, 0.05) is 38.0 Å². The van der Waals surface area contributed by atoms with Crippen molar-refractivity contribution >= 4 is 29.0 Å². The molecule has 2 aromatic rings. The Balaban J connectivity index is 1.63. The molecule has 2 heterocycles. The molecule has 1 aromatic heterocycles. The van der Waals surface area contributed by atoms with Crippen LogP contribution in [0.4, 0.5) is 11.5 Å². The second kappa shape index (κ2) is 8.11. The average Bonchev–Trinajstić information content (AvgIpc) is 2.67. The Morgan fingerprint density at radius 1 is 1.31 bits per heavy atom. The van der Waals surface area contributed by atoms with Crippen LogP contribution in [0.3, 0.4) is 0 Å². The van der Waals surface area contributed by atoms with Gasteiger partial charge in [0.25, 0.3) is 11.6 Å². The summed E-state index contributed by atoms with van der Waals surface area (Å²) < 4.78 is 5.24. The fraction of sp³-hybridized carbons (Fsp3) is 0.294. The van der Waals surface area contributed by atoms with Gasteiger partial charge in [-0.25, -0.2) is 4.98 Å². The van der Waals surface area contributed by atoms with Crippen LogP contribution in [0.25, 0.3) is 0 Å². The number of nitro groups is 1. The number of carbonyl (C=O) groups is 1. The Labute approximate surface area is 154 Å². The maximum atomic E-state index is 12.4. The van der Waals surface area contributed by atoms with E-state index in [1.165, 1.54) is 18.3 Å². The standard InChI is InChI=1S/C17H17ClN4O4/c18-15-9-13(17(23)21-5-7-26-8-6-21)11-20-16(15)19-10-12-1-3-14(4-2-12)22(24)25/h1-4,9,11H,5-8,10H2,(H,19,20). The molecule has 0 aliphatic carbocycles. The normalized spacial score (nSPS) is 14.1. The minimum absolute atomic E-state index is 0.0379. The number of ether oxygens (including phenoxy) is 1. The lowest BCUT2D eigenvalue weighted by atomic mass is 10.2. The van der Waals surface area contributed by atoms with Crippen molar-refractivity contribution in [3.8, 4) is 0 Å². The van der Waals surface area contributed by atoms with Crippen molar-refractivity contribution in [1.29, 1.82) is 0 Å². The van der Waals surface area contributed by atoms with Crippen LogP contribution >= 0.6 is 11.6 Å². The average molecular weight is 377 g/mol. The second-order valence-corrected chi connectivity index (χ2v) is 6.14. The predicted molar refractivity (Wildman–Crippen MR) is 96.4 cm³/mol. The summed E-state index contributed by atoms with van der Waals surface area (Å²) in [6.45, 7) is 2.57. The van der Waals surface area contributed by atoms with Gasteiger partial charge in [-0.3, -0.25) is 14.9 Å². The number of nitrogens with one attached hydrogen (secondary N) is 1. The highest BCUT2D eigenvalue weighted by Crippen LogP contribution is 2.22. The van der Waals surface area contributed by atoms with E-state index in [-0.39, 0.29) is 11.6 Å². The molecule has 1 fully saturated rings. The molecule has 136 valence electrons. The fourth-order valence-electron chi connectivity index (χ4n) is 2.56. The molecule has 26 heavy (non-hydrogen) atoms. The number of pyridine rings is 1. The van der Waals surface area contributed by atoms with E-state index in [0.29, 0.717) is 49.3 Å². The molecule has 3 rings (SSSR count). The topological polar surface area (TPSA) is 97.6 Å². The quantitative estimate of drug-likeness (QED) is 0.636. The molecule has 0 radical (unpaired) electrons. The van der Waals surface area contributed by atoms with Crippen molar-refractivity contribution in [3.63, 3.8) is 0 Å². The van der Waals surface area contributed by atoms with Crippen LogP contribution in [-0.2, 0) is 11.3 Å². The van der Waals surface area contributed by atoms with E-state index in [1.54, 1.807) is 23.1 Å². The van der Waals surface area contributed by atoms with Gasteiger partial charge in [-0.15, -0.1) is 0 Å². The third kappa shape index (κ3) is 4.27. The van der Waals surface area contributed by atoms with E-state index in [0.717, 1.165) is 5.56 Å². The highest BCUT2D eigenvalue weighted by atomic mass is 35.5. The Hall–Kier alpha value is -2.71. The van der Waals surface area contributed by atoms with Gasteiger partial charge in [-0.05, 0) is 11.6 Å². The second-order valence-electron chi connectivity index (χ2n) is 5.74. The first kappa shape index (κ1) is 18.1. The lowest BCUT2D eigenvalue weighted by molar-refractivity contribution is -0.384. The summed E-state index contributed by atoms with van der Waals surface area (Å²) in [6, 6.07) is 7.79. The van der Waals surface area contributed by atoms with Gasteiger partial charge >= 0.3 is 0 Å². The number of hydrogen-bond acceptors (Lipinski definition) is 6. The number of halogens is 1. The molecule has 9 heteroatoms. The SMILES string of the molecule is O=C(c1cnc(NCc2ccc([N+](=O)[O-])cc2)c(Cl)c1)N1CCOCC1. The van der Waals surface area contributed by atoms with E-state index < -0.39 is 4.92 Å². The van der Waals surface area contributed by atoms with Crippen molar-refractivity contribution in [2.45, 2.75) is 6.54 Å². The third-order valence-electron chi connectivity index (χ3n) is 3.99. The number of non-ortho nitro benzene ring substituents is 1. The fourth-order valence-corrected chi connectivity index (χ4v) is 2.79. The molecule has 0 bridgehead atoms. The van der Waals surface area contributed by atoms with E-state index in [1.807, 2.05) is 0 Å². The maximum Gasteiger partial charge on any atom is 0.269 e. The summed E-state index contributed by atoms with van der Waals surface area (Å²) in [5, 5.41) is 14.1. The van der Waals surface area contributed by atoms with Crippen molar-refractivity contribution in [3.05, 3.63) is 62.8 Å². The molecule has 0 unspecified atom stereocenters. The number of morpholine rings is 1. The highest BCUT2D eigenvalue weighted by Gasteiger charge is 2.19. The summed E-state index contributed by atoms with van der Waals surface area (Å²) in [5.74, 6) is 0.327. The van der Waals surface area contributed by atoms with Gasteiger partial charge in [0.15, 0.2) is 0 Å². The molecule has 1 aliphatic rings. The van der Waals surface area contributed by atoms with Gasteiger partial charge in [-0.2, -0.15) is 0 Å². The molecule has 0 saturated carbocycles. The smallest absolute Gasteiger partial charge is 0.269 e.